The predicted molar refractivity (Wildman–Crippen MR) is 179 cm³/mol. The largest absolute Gasteiger partial charge is 0.393 e. The van der Waals surface area contributed by atoms with Crippen LogP contribution in [0.2, 0.25) is 0 Å². The molecule has 0 aliphatic heterocycles. The minimum Gasteiger partial charge on any atom is -0.393 e. The van der Waals surface area contributed by atoms with E-state index in [1.165, 1.54) is 88.5 Å². The van der Waals surface area contributed by atoms with Crippen LogP contribution in [0.25, 0.3) is 0 Å². The van der Waals surface area contributed by atoms with E-state index in [1.807, 2.05) is 0 Å². The van der Waals surface area contributed by atoms with Crippen LogP contribution in [0.4, 0.5) is 0 Å². The predicted octanol–water partition coefficient (Wildman–Crippen LogP) is 9.08. The summed E-state index contributed by atoms with van der Waals surface area (Å²) in [5, 5.41) is 32.1. The van der Waals surface area contributed by atoms with Crippen molar-refractivity contribution in [1.29, 1.82) is 0 Å². The van der Waals surface area contributed by atoms with Crippen LogP contribution in [0.1, 0.15) is 144 Å². The zero-order chi connectivity index (χ0) is 30.8. The summed E-state index contributed by atoms with van der Waals surface area (Å²) in [7, 11) is 0. The highest BCUT2D eigenvalue weighted by Gasteiger charge is 2.62. The molecule has 2 N–H and O–H groups in total. The maximum atomic E-state index is 10.9. The lowest BCUT2D eigenvalue weighted by Gasteiger charge is -2.61. The van der Waals surface area contributed by atoms with E-state index in [2.05, 4.69) is 41.5 Å². The molecule has 8 fully saturated rings. The van der Waals surface area contributed by atoms with Crippen molar-refractivity contribution in [3.63, 3.8) is 0 Å². The minimum absolute atomic E-state index is 0.0722. The maximum Gasteiger partial charge on any atom is 0.0596 e. The second-order valence-electron chi connectivity index (χ2n) is 19.4. The number of hydrogen-bond acceptors (Lipinski definition) is 4. The van der Waals surface area contributed by atoms with Gasteiger partial charge in [0.25, 0.3) is 0 Å². The third-order valence-electron chi connectivity index (χ3n) is 17.9. The quantitative estimate of drug-likeness (QED) is 0.293. The molecule has 8 saturated carbocycles. The van der Waals surface area contributed by atoms with Crippen molar-refractivity contribution >= 4 is 11.4 Å². The number of hydrogen-bond donors (Lipinski definition) is 2. The Kier molecular flexibility index (Phi) is 7.21. The molecule has 0 bridgehead atoms. The van der Waals surface area contributed by atoms with E-state index in [9.17, 15) is 10.2 Å². The Hall–Kier alpha value is -0.740. The number of aliphatic hydroxyl groups excluding tert-OH is 2. The monoisotopic (exact) mass is 604 g/mol. The van der Waals surface area contributed by atoms with E-state index in [4.69, 9.17) is 10.2 Å². The summed E-state index contributed by atoms with van der Waals surface area (Å²) in [5.74, 6) is 7.34. The van der Waals surface area contributed by atoms with Crippen LogP contribution in [0, 0.1) is 80.8 Å². The number of rotatable bonds is 1. The number of nitrogens with zero attached hydrogens (tertiary/aromatic N) is 2. The first kappa shape index (κ1) is 30.6. The van der Waals surface area contributed by atoms with Crippen molar-refractivity contribution < 1.29 is 10.2 Å². The molecule has 0 spiro atoms. The van der Waals surface area contributed by atoms with Gasteiger partial charge in [-0.25, -0.2) is 0 Å². The lowest BCUT2D eigenvalue weighted by atomic mass is 9.44. The fourth-order valence-corrected chi connectivity index (χ4v) is 15.2. The van der Waals surface area contributed by atoms with E-state index in [0.29, 0.717) is 22.7 Å². The molecule has 0 amide bonds. The molecule has 4 nitrogen and oxygen atoms in total. The molecule has 8 aliphatic carbocycles. The third kappa shape index (κ3) is 4.20. The van der Waals surface area contributed by atoms with Gasteiger partial charge in [0.05, 0.1) is 12.2 Å². The van der Waals surface area contributed by atoms with E-state index in [0.717, 1.165) is 73.0 Å². The molecular formula is C40H64N2O2. The number of fused-ring (bicyclic) bond motifs is 10. The lowest BCUT2D eigenvalue weighted by molar-refractivity contribution is -0.116. The summed E-state index contributed by atoms with van der Waals surface area (Å²) < 4.78 is 0. The van der Waals surface area contributed by atoms with Gasteiger partial charge in [-0.1, -0.05) is 41.5 Å². The van der Waals surface area contributed by atoms with Crippen LogP contribution in [-0.2, 0) is 0 Å². The van der Waals surface area contributed by atoms with E-state index in [1.54, 1.807) is 0 Å². The summed E-state index contributed by atoms with van der Waals surface area (Å²) >= 11 is 0. The topological polar surface area (TPSA) is 65.2 Å². The SMILES string of the molecule is C[C@H]1C[C@@]2(C)[C@@H](CC[C@H]3[C@@H]2CC[C@]2(C)[C@@H](O)CC[C@@H]32)CC1=N/N=C1\C[C@H]2CC[C@H]3[C@H]4CC[C@H](O)[C@@]4(C)CC[C@@H]3[C@@]2(C)C[C@@H]1C. The highest BCUT2D eigenvalue weighted by molar-refractivity contribution is 5.91. The normalized spacial score (nSPS) is 60.2. The van der Waals surface area contributed by atoms with E-state index >= 15 is 0 Å². The Balaban J connectivity index is 0.970. The zero-order valence-corrected chi connectivity index (χ0v) is 29.0. The van der Waals surface area contributed by atoms with Gasteiger partial charge < -0.3 is 10.2 Å². The van der Waals surface area contributed by atoms with E-state index in [-0.39, 0.29) is 23.0 Å². The Morgan fingerprint density at radius 1 is 0.500 bits per heavy atom. The number of aliphatic hydroxyl groups is 2. The Labute approximate surface area is 268 Å². The van der Waals surface area contributed by atoms with Gasteiger partial charge in [-0.2, -0.15) is 10.2 Å². The van der Waals surface area contributed by atoms with Crippen LogP contribution in [0.5, 0.6) is 0 Å². The fraction of sp³-hybridized carbons (Fsp3) is 0.950. The van der Waals surface area contributed by atoms with Crippen LogP contribution < -0.4 is 0 Å². The van der Waals surface area contributed by atoms with Gasteiger partial charge in [0, 0.05) is 11.4 Å². The first-order chi connectivity index (χ1) is 20.9. The standard InChI is InChI=1S/C40H64N2O2/c1-23-21-39(5)25(7-9-27-29-11-13-35(43)37(29,3)17-15-31(27)39)19-33(23)41-42-34-20-26-8-10-28-30-12-14-36(44)38(30,4)18-16-32(28)40(26,6)22-24(34)2/h23-32,35-36,43-44H,7-22H2,1-6H3/b41-33+,42-34?/t23-,24-,25+,26-,27-,28+,29+,30-,31-,32-,35-,36-,37-,38-,39-,40-/m0/s1. The molecule has 0 aromatic heterocycles. The molecule has 0 aromatic rings. The Bertz CT molecular complexity index is 1120. The van der Waals surface area contributed by atoms with Gasteiger partial charge in [0.1, 0.15) is 0 Å². The average molecular weight is 605 g/mol. The molecule has 0 saturated heterocycles. The summed E-state index contributed by atoms with van der Waals surface area (Å²) in [5.41, 5.74) is 3.99. The van der Waals surface area contributed by atoms with Gasteiger partial charge in [-0.15, -0.1) is 0 Å². The molecule has 0 unspecified atom stereocenters. The van der Waals surface area contributed by atoms with Gasteiger partial charge in [-0.3, -0.25) is 0 Å². The van der Waals surface area contributed by atoms with Crippen molar-refractivity contribution in [3.05, 3.63) is 0 Å². The molecular weight excluding hydrogens is 540 g/mol. The molecule has 246 valence electrons. The van der Waals surface area contributed by atoms with Crippen molar-refractivity contribution in [2.45, 2.75) is 156 Å². The molecule has 44 heavy (non-hydrogen) atoms. The molecule has 4 heteroatoms. The first-order valence-electron chi connectivity index (χ1n) is 19.4. The Morgan fingerprint density at radius 2 is 0.886 bits per heavy atom. The molecule has 8 rings (SSSR count). The Morgan fingerprint density at radius 3 is 1.30 bits per heavy atom. The zero-order valence-electron chi connectivity index (χ0n) is 29.0. The molecule has 0 heterocycles. The summed E-state index contributed by atoms with van der Waals surface area (Å²) in [6.07, 6.45) is 19.8. The minimum atomic E-state index is -0.0722. The summed E-state index contributed by atoms with van der Waals surface area (Å²) in [4.78, 5) is 0. The summed E-state index contributed by atoms with van der Waals surface area (Å²) in [6, 6.07) is 0. The second-order valence-corrected chi connectivity index (χ2v) is 19.4. The highest BCUT2D eigenvalue weighted by Crippen LogP contribution is 2.68. The maximum absolute atomic E-state index is 10.9. The van der Waals surface area contributed by atoms with Crippen LogP contribution in [-0.4, -0.2) is 33.8 Å². The van der Waals surface area contributed by atoms with Crippen molar-refractivity contribution in [2.75, 3.05) is 0 Å². The molecule has 0 radical (unpaired) electrons. The second kappa shape index (κ2) is 10.4. The molecule has 8 aliphatic rings. The van der Waals surface area contributed by atoms with Crippen LogP contribution >= 0.6 is 0 Å². The van der Waals surface area contributed by atoms with Gasteiger partial charge >= 0.3 is 0 Å². The molecule has 16 atom stereocenters. The van der Waals surface area contributed by atoms with E-state index < -0.39 is 0 Å². The van der Waals surface area contributed by atoms with Crippen LogP contribution in [0.15, 0.2) is 10.2 Å². The van der Waals surface area contributed by atoms with Crippen molar-refractivity contribution in [1.82, 2.24) is 0 Å². The van der Waals surface area contributed by atoms with Crippen molar-refractivity contribution in [3.8, 4) is 0 Å². The summed E-state index contributed by atoms with van der Waals surface area (Å²) in [6.45, 7) is 15.1. The van der Waals surface area contributed by atoms with Crippen LogP contribution in [0.3, 0.4) is 0 Å². The third-order valence-corrected chi connectivity index (χ3v) is 17.9. The van der Waals surface area contributed by atoms with Gasteiger partial charge in [0.15, 0.2) is 0 Å². The smallest absolute Gasteiger partial charge is 0.0596 e. The van der Waals surface area contributed by atoms with Gasteiger partial charge in [0.2, 0.25) is 0 Å². The highest BCUT2D eigenvalue weighted by atomic mass is 16.3. The average Bonchev–Trinajstić information content (AvgIpc) is 3.46. The lowest BCUT2D eigenvalue weighted by Crippen LogP contribution is -2.55. The molecule has 0 aromatic carbocycles. The van der Waals surface area contributed by atoms with Crippen molar-refractivity contribution in [2.24, 2.45) is 91.0 Å². The first-order valence-corrected chi connectivity index (χ1v) is 19.4. The van der Waals surface area contributed by atoms with Gasteiger partial charge in [-0.05, 0) is 184 Å². The fourth-order valence-electron chi connectivity index (χ4n) is 15.2.